The zero-order valence-electron chi connectivity index (χ0n) is 25.7. The molecule has 0 heterocycles. The number of aryl methyl sites for hydroxylation is 2. The molecule has 0 saturated carbocycles. The van der Waals surface area contributed by atoms with E-state index in [2.05, 4.69) is 139 Å². The largest absolute Gasteiger partial charge is 0.114 e. The first kappa shape index (κ1) is 27.7. The predicted octanol–water partition coefficient (Wildman–Crippen LogP) is 11.1. The SMILES string of the molecule is CCc1ccccc1-c1cccc2c1C=C([Si](C1=Cc3c(cccc3-c3ccccc3CC)C1)(C(C)C)C(C)C)C2. The Morgan fingerprint density at radius 2 is 0.902 bits per heavy atom. The fraction of sp³-hybridized carbons (Fsp3) is 0.300. The molecule has 0 spiro atoms. The molecule has 4 aromatic carbocycles. The van der Waals surface area contributed by atoms with Crippen LogP contribution in [-0.2, 0) is 25.7 Å². The van der Waals surface area contributed by atoms with Gasteiger partial charge in [0.1, 0.15) is 8.07 Å². The van der Waals surface area contributed by atoms with Crippen LogP contribution in [0.25, 0.3) is 34.4 Å². The fourth-order valence-corrected chi connectivity index (χ4v) is 14.7. The van der Waals surface area contributed by atoms with E-state index in [1.54, 1.807) is 10.4 Å². The molecule has 6 rings (SSSR count). The molecule has 0 aromatic heterocycles. The summed E-state index contributed by atoms with van der Waals surface area (Å²) in [7, 11) is -2.05. The summed E-state index contributed by atoms with van der Waals surface area (Å²) in [5.41, 5.74) is 15.7. The average Bonchev–Trinajstić information content (AvgIpc) is 3.62. The van der Waals surface area contributed by atoms with E-state index >= 15 is 0 Å². The third kappa shape index (κ3) is 4.50. The monoisotopic (exact) mass is 552 g/mol. The summed E-state index contributed by atoms with van der Waals surface area (Å²) in [5.74, 6) is 0. The molecule has 0 unspecified atom stereocenters. The summed E-state index contributed by atoms with van der Waals surface area (Å²) >= 11 is 0. The Kier molecular flexibility index (Phi) is 7.51. The van der Waals surface area contributed by atoms with E-state index in [0.717, 1.165) is 25.7 Å². The van der Waals surface area contributed by atoms with Gasteiger partial charge in [-0.25, -0.2) is 0 Å². The number of rotatable bonds is 8. The second kappa shape index (κ2) is 11.1. The quantitative estimate of drug-likeness (QED) is 0.191. The first-order valence-corrected chi connectivity index (χ1v) is 17.9. The standard InChI is InChI=1S/C40H44Si/c1-7-29-15-9-11-19-35(29)37-21-13-17-31-23-33(25-39(31)37)41(27(3)4,28(5)6)34-24-32-18-14-22-38(40(32)26-34)36-20-12-10-16-30(36)8-2/h9-22,25-28H,7-8,23-24H2,1-6H3. The molecule has 0 aliphatic heterocycles. The van der Waals surface area contributed by atoms with E-state index in [4.69, 9.17) is 0 Å². The van der Waals surface area contributed by atoms with Gasteiger partial charge in [-0.2, -0.15) is 0 Å². The maximum absolute atomic E-state index is 2.65. The molecule has 1 heteroatoms. The molecule has 0 amide bonds. The number of hydrogen-bond acceptors (Lipinski definition) is 0. The minimum absolute atomic E-state index is 0.626. The van der Waals surface area contributed by atoms with Gasteiger partial charge in [-0.15, -0.1) is 0 Å². The van der Waals surface area contributed by atoms with Crippen LogP contribution in [0, 0.1) is 0 Å². The fourth-order valence-electron chi connectivity index (χ4n) is 8.28. The summed E-state index contributed by atoms with van der Waals surface area (Å²) in [6.07, 6.45) is 9.61. The van der Waals surface area contributed by atoms with Gasteiger partial charge in [0.25, 0.3) is 0 Å². The van der Waals surface area contributed by atoms with E-state index in [9.17, 15) is 0 Å². The zero-order chi connectivity index (χ0) is 28.7. The van der Waals surface area contributed by atoms with Gasteiger partial charge in [-0.3, -0.25) is 0 Å². The molecule has 41 heavy (non-hydrogen) atoms. The van der Waals surface area contributed by atoms with E-state index < -0.39 is 8.07 Å². The number of fused-ring (bicyclic) bond motifs is 2. The summed E-state index contributed by atoms with van der Waals surface area (Å²) in [5, 5.41) is 3.46. The van der Waals surface area contributed by atoms with Gasteiger partial charge in [0.05, 0.1) is 0 Å². The predicted molar refractivity (Wildman–Crippen MR) is 182 cm³/mol. The van der Waals surface area contributed by atoms with Gasteiger partial charge < -0.3 is 0 Å². The molecule has 4 aromatic rings. The minimum atomic E-state index is -2.05. The van der Waals surface area contributed by atoms with Crippen molar-refractivity contribution < 1.29 is 0 Å². The van der Waals surface area contributed by atoms with Crippen LogP contribution in [0.2, 0.25) is 11.1 Å². The van der Waals surface area contributed by atoms with Crippen LogP contribution < -0.4 is 0 Å². The Bertz CT molecular complexity index is 1540. The lowest BCUT2D eigenvalue weighted by Gasteiger charge is -2.42. The molecule has 0 saturated heterocycles. The highest BCUT2D eigenvalue weighted by atomic mass is 28.3. The van der Waals surface area contributed by atoms with Gasteiger partial charge in [0, 0.05) is 0 Å². The van der Waals surface area contributed by atoms with Crippen LogP contribution in [0.1, 0.15) is 74.9 Å². The lowest BCUT2D eigenvalue weighted by atomic mass is 9.93. The van der Waals surface area contributed by atoms with Gasteiger partial charge >= 0.3 is 0 Å². The third-order valence-electron chi connectivity index (χ3n) is 10.1. The Morgan fingerprint density at radius 1 is 0.512 bits per heavy atom. The highest BCUT2D eigenvalue weighted by Crippen LogP contribution is 2.52. The maximum Gasteiger partial charge on any atom is 0.114 e. The lowest BCUT2D eigenvalue weighted by molar-refractivity contribution is 0.896. The van der Waals surface area contributed by atoms with Gasteiger partial charge in [0.2, 0.25) is 0 Å². The number of benzene rings is 4. The van der Waals surface area contributed by atoms with Gasteiger partial charge in [-0.05, 0) is 92.4 Å². The molecule has 2 aliphatic rings. The molecular formula is C40H44Si. The van der Waals surface area contributed by atoms with E-state index in [-0.39, 0.29) is 0 Å². The first-order chi connectivity index (χ1) is 19.9. The molecule has 0 bridgehead atoms. The molecule has 0 nitrogen and oxygen atoms in total. The second-order valence-electron chi connectivity index (χ2n) is 12.6. The summed E-state index contributed by atoms with van der Waals surface area (Å²) in [6.45, 7) is 14.6. The zero-order valence-corrected chi connectivity index (χ0v) is 26.7. The molecule has 0 atom stereocenters. The smallest absolute Gasteiger partial charge is 0.0704 e. The Hall–Kier alpha value is -3.42. The van der Waals surface area contributed by atoms with E-state index in [0.29, 0.717) is 11.1 Å². The molecular weight excluding hydrogens is 509 g/mol. The molecule has 0 radical (unpaired) electrons. The van der Waals surface area contributed by atoms with E-state index in [1.165, 1.54) is 55.6 Å². The van der Waals surface area contributed by atoms with Crippen LogP contribution in [0.15, 0.2) is 95.3 Å². The van der Waals surface area contributed by atoms with Crippen molar-refractivity contribution in [3.8, 4) is 22.3 Å². The highest BCUT2D eigenvalue weighted by molar-refractivity contribution is 6.96. The Labute approximate surface area is 248 Å². The third-order valence-corrected chi connectivity index (χ3v) is 16.5. The maximum atomic E-state index is 2.65. The van der Waals surface area contributed by atoms with Gasteiger partial charge in [-0.1, -0.05) is 149 Å². The molecule has 0 N–H and O–H groups in total. The van der Waals surface area contributed by atoms with Crippen molar-refractivity contribution in [3.05, 3.63) is 129 Å². The Morgan fingerprint density at radius 3 is 1.29 bits per heavy atom. The number of allylic oxidation sites excluding steroid dienone is 2. The first-order valence-electron chi connectivity index (χ1n) is 15.7. The lowest BCUT2D eigenvalue weighted by Crippen LogP contribution is -2.46. The van der Waals surface area contributed by atoms with Crippen molar-refractivity contribution in [2.24, 2.45) is 0 Å². The molecule has 2 aliphatic carbocycles. The second-order valence-corrected chi connectivity index (χ2v) is 18.0. The molecule has 0 fully saturated rings. The number of hydrogen-bond donors (Lipinski definition) is 0. The van der Waals surface area contributed by atoms with Crippen molar-refractivity contribution in [2.45, 2.75) is 78.3 Å². The average molecular weight is 553 g/mol. The summed E-state index contributed by atoms with van der Waals surface area (Å²) in [4.78, 5) is 0. The van der Waals surface area contributed by atoms with Crippen LogP contribution >= 0.6 is 0 Å². The van der Waals surface area contributed by atoms with Gasteiger partial charge in [0.15, 0.2) is 0 Å². The summed E-state index contributed by atoms with van der Waals surface area (Å²) < 4.78 is 0. The van der Waals surface area contributed by atoms with Crippen molar-refractivity contribution in [2.75, 3.05) is 0 Å². The van der Waals surface area contributed by atoms with Crippen LogP contribution in [0.3, 0.4) is 0 Å². The van der Waals surface area contributed by atoms with Crippen molar-refractivity contribution in [3.63, 3.8) is 0 Å². The Balaban J connectivity index is 1.50. The van der Waals surface area contributed by atoms with Crippen molar-refractivity contribution in [1.82, 2.24) is 0 Å². The van der Waals surface area contributed by atoms with Crippen molar-refractivity contribution >= 4 is 20.2 Å². The molecule has 208 valence electrons. The van der Waals surface area contributed by atoms with Crippen LogP contribution in [0.5, 0.6) is 0 Å². The van der Waals surface area contributed by atoms with E-state index in [1.807, 2.05) is 0 Å². The van der Waals surface area contributed by atoms with Crippen molar-refractivity contribution in [1.29, 1.82) is 0 Å². The normalized spacial score (nSPS) is 14.3. The topological polar surface area (TPSA) is 0 Å². The van der Waals surface area contributed by atoms with Crippen LogP contribution in [-0.4, -0.2) is 8.07 Å². The summed E-state index contributed by atoms with van der Waals surface area (Å²) in [6, 6.07) is 32.0. The van der Waals surface area contributed by atoms with Crippen LogP contribution in [0.4, 0.5) is 0 Å². The highest BCUT2D eigenvalue weighted by Gasteiger charge is 2.48. The minimum Gasteiger partial charge on any atom is -0.0704 e.